The summed E-state index contributed by atoms with van der Waals surface area (Å²) in [4.78, 5) is 1.18. The molecule has 23 heavy (non-hydrogen) atoms. The maximum Gasteiger partial charge on any atom is 0.137 e. The molecule has 4 nitrogen and oxygen atoms in total. The predicted molar refractivity (Wildman–Crippen MR) is 94.0 cm³/mol. The lowest BCUT2D eigenvalue weighted by Crippen LogP contribution is -1.96. The number of anilines is 1. The Hall–Kier alpha value is -1.22. The Morgan fingerprint density at radius 3 is 2.26 bits per heavy atom. The van der Waals surface area contributed by atoms with Crippen molar-refractivity contribution in [2.75, 3.05) is 18.2 Å². The number of halogens is 1. The molecule has 0 fully saturated rings. The van der Waals surface area contributed by atoms with Crippen molar-refractivity contribution in [2.24, 2.45) is 0 Å². The fourth-order valence-corrected chi connectivity index (χ4v) is 2.88. The monoisotopic (exact) mass is 374 g/mol. The minimum atomic E-state index is -2.15. The van der Waals surface area contributed by atoms with Gasteiger partial charge in [0.2, 0.25) is 0 Å². The molecule has 2 aromatic carbocycles. The predicted octanol–water partition coefficient (Wildman–Crippen LogP) is 2.93. The molecule has 1 unspecified atom stereocenters. The zero-order valence-electron chi connectivity index (χ0n) is 12.7. The van der Waals surface area contributed by atoms with Crippen molar-refractivity contribution >= 4 is 39.3 Å². The Labute approximate surface area is 144 Å². The molecule has 1 atom stereocenters. The van der Waals surface area contributed by atoms with Crippen LogP contribution in [0.15, 0.2) is 52.3 Å². The van der Waals surface area contributed by atoms with E-state index < -0.39 is 21.9 Å². The molecular formula is C15H17FNO3S3-. The van der Waals surface area contributed by atoms with E-state index in [0.717, 1.165) is 0 Å². The van der Waals surface area contributed by atoms with Crippen molar-refractivity contribution in [1.29, 1.82) is 0 Å². The Morgan fingerprint density at radius 2 is 1.74 bits per heavy atom. The first-order valence-electron chi connectivity index (χ1n) is 6.41. The Kier molecular flexibility index (Phi) is 8.46. The van der Waals surface area contributed by atoms with Crippen LogP contribution in [0.25, 0.3) is 0 Å². The quantitative estimate of drug-likeness (QED) is 0.657. The summed E-state index contributed by atoms with van der Waals surface area (Å²) in [6.07, 6.45) is 3.28. The molecule has 0 amide bonds. The van der Waals surface area contributed by atoms with Gasteiger partial charge in [0.05, 0.1) is 0 Å². The van der Waals surface area contributed by atoms with Crippen LogP contribution in [0.2, 0.25) is 0 Å². The lowest BCUT2D eigenvalue weighted by molar-refractivity contribution is 0.536. The van der Waals surface area contributed by atoms with Crippen molar-refractivity contribution in [2.45, 2.75) is 15.5 Å². The van der Waals surface area contributed by atoms with E-state index in [0.29, 0.717) is 21.0 Å². The molecule has 126 valence electrons. The van der Waals surface area contributed by atoms with Gasteiger partial charge in [-0.25, -0.2) is 4.39 Å². The van der Waals surface area contributed by atoms with Crippen molar-refractivity contribution < 1.29 is 17.4 Å². The number of nitrogens with two attached hydrogens (primary N) is 1. The van der Waals surface area contributed by atoms with Crippen LogP contribution in [0.5, 0.6) is 0 Å². The topological polar surface area (TPSA) is 83.2 Å². The molecule has 2 aromatic rings. The van der Waals surface area contributed by atoms with E-state index in [4.69, 9.17) is 5.73 Å². The Balaban J connectivity index is 0.000000593. The third-order valence-corrected chi connectivity index (χ3v) is 4.13. The summed E-state index contributed by atoms with van der Waals surface area (Å²) in [5.74, 6) is -0.383. The first-order chi connectivity index (χ1) is 10.8. The molecule has 0 aliphatic rings. The summed E-state index contributed by atoms with van der Waals surface area (Å²) in [6.45, 7) is 0. The van der Waals surface area contributed by atoms with E-state index in [1.807, 2.05) is 0 Å². The van der Waals surface area contributed by atoms with E-state index in [1.165, 1.54) is 17.8 Å². The molecule has 0 saturated carbocycles. The molecule has 0 aliphatic carbocycles. The summed E-state index contributed by atoms with van der Waals surface area (Å²) in [5, 5.41) is 0. The first kappa shape index (κ1) is 19.8. The summed E-state index contributed by atoms with van der Waals surface area (Å²) in [6, 6.07) is 11.4. The lowest BCUT2D eigenvalue weighted by atomic mass is 10.2. The minimum absolute atomic E-state index is 0.0746. The van der Waals surface area contributed by atoms with Crippen molar-refractivity contribution in [3.63, 3.8) is 0 Å². The van der Waals surface area contributed by atoms with E-state index in [1.54, 1.807) is 48.9 Å². The molecular weight excluding hydrogens is 357 g/mol. The number of hydrogen-bond donors (Lipinski definition) is 1. The largest absolute Gasteiger partial charge is 0.772 e. The van der Waals surface area contributed by atoms with Gasteiger partial charge in [0.1, 0.15) is 5.82 Å². The van der Waals surface area contributed by atoms with Gasteiger partial charge in [0.25, 0.3) is 0 Å². The van der Waals surface area contributed by atoms with Gasteiger partial charge in [0, 0.05) is 44.5 Å². The summed E-state index contributed by atoms with van der Waals surface area (Å²) < 4.78 is 44.3. The van der Waals surface area contributed by atoms with Crippen LogP contribution in [-0.2, 0) is 27.6 Å². The third kappa shape index (κ3) is 7.74. The molecule has 0 heterocycles. The maximum atomic E-state index is 13.5. The Bertz CT molecular complexity index is 706. The van der Waals surface area contributed by atoms with Gasteiger partial charge in [-0.15, -0.1) is 0 Å². The van der Waals surface area contributed by atoms with E-state index in [-0.39, 0.29) is 11.6 Å². The van der Waals surface area contributed by atoms with Gasteiger partial charge >= 0.3 is 0 Å². The summed E-state index contributed by atoms with van der Waals surface area (Å²) >= 11 is -0.931. The van der Waals surface area contributed by atoms with Crippen LogP contribution in [0.3, 0.4) is 0 Å². The highest BCUT2D eigenvalue weighted by Gasteiger charge is 2.07. The van der Waals surface area contributed by atoms with Gasteiger partial charge in [-0.1, -0.05) is 41.0 Å². The number of hydrogen-bond acceptors (Lipinski definition) is 5. The van der Waals surface area contributed by atoms with Gasteiger partial charge in [-0.2, -0.15) is 0 Å². The average molecular weight is 375 g/mol. The van der Waals surface area contributed by atoms with Crippen LogP contribution < -0.4 is 5.73 Å². The highest BCUT2D eigenvalue weighted by atomic mass is 32.2. The number of rotatable bonds is 4. The van der Waals surface area contributed by atoms with Gasteiger partial charge < -0.3 is 10.3 Å². The molecule has 8 heteroatoms. The summed E-state index contributed by atoms with van der Waals surface area (Å²) in [7, 11) is -0.611. The zero-order valence-corrected chi connectivity index (χ0v) is 15.1. The number of benzene rings is 2. The van der Waals surface area contributed by atoms with Crippen LogP contribution in [0.1, 0.15) is 5.56 Å². The third-order valence-electron chi connectivity index (χ3n) is 2.42. The highest BCUT2D eigenvalue weighted by molar-refractivity contribution is 7.99. The summed E-state index contributed by atoms with van der Waals surface area (Å²) in [5.41, 5.74) is 6.91. The van der Waals surface area contributed by atoms with E-state index in [9.17, 15) is 17.4 Å². The Morgan fingerprint density at radius 1 is 1.13 bits per heavy atom. The fourth-order valence-electron chi connectivity index (χ4n) is 1.56. The minimum Gasteiger partial charge on any atom is -0.772 e. The average Bonchev–Trinajstić information content (AvgIpc) is 2.43. The first-order valence-corrected chi connectivity index (χ1v) is 10.4. The number of nitrogen functional groups attached to an aromatic ring is 1. The highest BCUT2D eigenvalue weighted by Crippen LogP contribution is 2.34. The normalized spacial score (nSPS) is 11.7. The lowest BCUT2D eigenvalue weighted by Gasteiger charge is -2.10. The van der Waals surface area contributed by atoms with Crippen molar-refractivity contribution in [3.05, 3.63) is 53.8 Å². The van der Waals surface area contributed by atoms with Crippen LogP contribution >= 0.6 is 11.8 Å². The second-order valence-electron chi connectivity index (χ2n) is 4.59. The van der Waals surface area contributed by atoms with E-state index >= 15 is 0 Å². The molecule has 0 spiro atoms. The molecule has 0 saturated heterocycles. The molecule has 2 rings (SSSR count). The second-order valence-corrected chi connectivity index (χ2v) is 8.06. The maximum absolute atomic E-state index is 13.5. The second kappa shape index (κ2) is 9.82. The molecule has 0 bridgehead atoms. The molecule has 2 N–H and O–H groups in total. The van der Waals surface area contributed by atoms with Crippen LogP contribution in [-0.4, -0.2) is 25.5 Å². The smallest absolute Gasteiger partial charge is 0.137 e. The van der Waals surface area contributed by atoms with Gasteiger partial charge in [-0.3, -0.25) is 8.42 Å². The molecule has 0 radical (unpaired) electrons. The SMILES string of the molecule is CS(C)=O.Nc1cc(CS(=O)[O-])ccc1Sc1ccccc1F. The molecule has 0 aliphatic heterocycles. The van der Waals surface area contributed by atoms with E-state index in [2.05, 4.69) is 0 Å². The fraction of sp³-hybridized carbons (Fsp3) is 0.200. The molecule has 0 aromatic heterocycles. The van der Waals surface area contributed by atoms with Crippen molar-refractivity contribution in [1.82, 2.24) is 0 Å². The van der Waals surface area contributed by atoms with Gasteiger partial charge in [-0.05, 0) is 29.8 Å². The van der Waals surface area contributed by atoms with Crippen LogP contribution in [0, 0.1) is 5.82 Å². The standard InChI is InChI=1S/C13H12FNO2S2.C2H6OS/c14-10-3-1-2-4-12(10)18-13-6-5-9(7-11(13)15)8-19(16)17;1-4(2)3/h1-7H,8,15H2,(H,16,17);1-2H3/p-1. The van der Waals surface area contributed by atoms with Gasteiger partial charge in [0.15, 0.2) is 0 Å². The zero-order chi connectivity index (χ0) is 17.4. The van der Waals surface area contributed by atoms with Crippen LogP contribution in [0.4, 0.5) is 10.1 Å². The van der Waals surface area contributed by atoms with Crippen molar-refractivity contribution in [3.8, 4) is 0 Å².